The van der Waals surface area contributed by atoms with Crippen molar-refractivity contribution in [1.29, 1.82) is 5.26 Å². The zero-order chi connectivity index (χ0) is 32.2. The lowest BCUT2D eigenvalue weighted by Gasteiger charge is -2.42. The fourth-order valence-corrected chi connectivity index (χ4v) is 7.26. The number of alkyl halides is 3. The van der Waals surface area contributed by atoms with E-state index >= 15 is 0 Å². The van der Waals surface area contributed by atoms with Gasteiger partial charge >= 0.3 is 6.18 Å². The molecular weight excluding hydrogens is 597 g/mol. The summed E-state index contributed by atoms with van der Waals surface area (Å²) in [7, 11) is 1.87. The first-order valence-corrected chi connectivity index (χ1v) is 15.9. The molecule has 4 aliphatic rings. The van der Waals surface area contributed by atoms with Gasteiger partial charge in [-0.15, -0.1) is 10.2 Å². The van der Waals surface area contributed by atoms with Crippen molar-refractivity contribution in [2.45, 2.75) is 69.8 Å². The summed E-state index contributed by atoms with van der Waals surface area (Å²) in [6.45, 7) is 4.76. The van der Waals surface area contributed by atoms with Crippen LogP contribution in [0, 0.1) is 23.2 Å². The molecule has 1 saturated carbocycles. The number of carbonyl (C=O) groups excluding carboxylic acids is 1. The van der Waals surface area contributed by atoms with Crippen LogP contribution in [0.1, 0.15) is 71.0 Å². The zero-order valence-electron chi connectivity index (χ0n) is 26.0. The Morgan fingerprint density at radius 2 is 2.00 bits per heavy atom. The van der Waals surface area contributed by atoms with Gasteiger partial charge in [0.2, 0.25) is 0 Å². The van der Waals surface area contributed by atoms with Crippen LogP contribution in [0.4, 0.5) is 24.8 Å². The summed E-state index contributed by atoms with van der Waals surface area (Å²) in [6, 6.07) is 8.91. The van der Waals surface area contributed by atoms with Gasteiger partial charge < -0.3 is 14.6 Å². The number of aryl methyl sites for hydroxylation is 1. The average Bonchev–Trinajstić information content (AvgIpc) is 3.53. The maximum Gasteiger partial charge on any atom is 0.416 e. The molecule has 46 heavy (non-hydrogen) atoms. The molecule has 0 unspecified atom stereocenters. The van der Waals surface area contributed by atoms with E-state index in [1.165, 1.54) is 11.0 Å². The van der Waals surface area contributed by atoms with Crippen molar-refractivity contribution >= 4 is 17.5 Å². The highest BCUT2D eigenvalue weighted by Gasteiger charge is 2.45. The Bertz CT molecular complexity index is 1690. The van der Waals surface area contributed by atoms with Crippen LogP contribution in [0.25, 0.3) is 0 Å². The predicted octanol–water partition coefficient (Wildman–Crippen LogP) is 4.85. The summed E-state index contributed by atoms with van der Waals surface area (Å²) < 4.78 is 51.0. The number of hydrogen-bond acceptors (Lipinski definition) is 8. The van der Waals surface area contributed by atoms with Gasteiger partial charge in [0.05, 0.1) is 37.3 Å². The Kier molecular flexibility index (Phi) is 7.76. The van der Waals surface area contributed by atoms with Crippen molar-refractivity contribution in [2.75, 3.05) is 36.5 Å². The van der Waals surface area contributed by atoms with Gasteiger partial charge in [0.25, 0.3) is 5.91 Å². The minimum atomic E-state index is -4.61. The molecule has 10 nitrogen and oxygen atoms in total. The van der Waals surface area contributed by atoms with E-state index in [4.69, 9.17) is 9.72 Å². The van der Waals surface area contributed by atoms with Crippen LogP contribution in [0.2, 0.25) is 0 Å². The van der Waals surface area contributed by atoms with Crippen LogP contribution < -0.4 is 10.2 Å². The number of hydrogen-bond donors (Lipinski definition) is 1. The number of aromatic nitrogens is 4. The lowest BCUT2D eigenvalue weighted by atomic mass is 9.75. The minimum Gasteiger partial charge on any atom is -0.379 e. The summed E-state index contributed by atoms with van der Waals surface area (Å²) in [5, 5.41) is 20.9. The topological polar surface area (TPSA) is 112 Å². The third kappa shape index (κ3) is 5.73. The van der Waals surface area contributed by atoms with E-state index in [2.05, 4.69) is 33.4 Å². The lowest BCUT2D eigenvalue weighted by molar-refractivity contribution is -0.138. The summed E-state index contributed by atoms with van der Waals surface area (Å²) in [5.74, 6) is 1.51. The highest BCUT2D eigenvalue weighted by molar-refractivity contribution is 6.10. The Labute approximate surface area is 265 Å². The van der Waals surface area contributed by atoms with Crippen LogP contribution in [0.5, 0.6) is 0 Å². The molecule has 5 heterocycles. The summed E-state index contributed by atoms with van der Waals surface area (Å²) in [4.78, 5) is 22.3. The third-order valence-electron chi connectivity index (χ3n) is 9.99. The molecule has 2 aromatic heterocycles. The second-order valence-corrected chi connectivity index (χ2v) is 13.6. The van der Waals surface area contributed by atoms with Crippen LogP contribution in [-0.2, 0) is 42.9 Å². The molecule has 242 valence electrons. The summed E-state index contributed by atoms with van der Waals surface area (Å²) in [5.41, 5.74) is 0.157. The molecule has 1 amide bonds. The van der Waals surface area contributed by atoms with Crippen LogP contribution in [0.3, 0.4) is 0 Å². The third-order valence-corrected chi connectivity index (χ3v) is 9.99. The summed E-state index contributed by atoms with van der Waals surface area (Å²) in [6.07, 6.45) is 1.00. The normalized spacial score (nSPS) is 24.2. The van der Waals surface area contributed by atoms with Gasteiger partial charge in [0.15, 0.2) is 0 Å². The van der Waals surface area contributed by atoms with E-state index in [1.54, 1.807) is 18.5 Å². The molecular formula is C33H37F3N8O2. The Balaban J connectivity index is 1.24. The average molecular weight is 635 g/mol. The standard InChI is InChI=1S/C33H37F3N8O2/c1-20-4-3-5-43(14-20)15-22-8-25-26(27(9-22)33(34,35)36)16-44(31(25)45)29-11-23(10-28(40-29)39-24-6-21(7-24)13-37)32(17-46-18-32)12-30-41-38-19-42(30)2/h8-11,19-21,24H,3-7,12,14-18H2,1-2H3,(H,39,40)/t20-,21?,24?/m0/s1. The number of benzene rings is 1. The number of amides is 1. The van der Waals surface area contributed by atoms with E-state index < -0.39 is 23.1 Å². The Morgan fingerprint density at radius 1 is 1.20 bits per heavy atom. The number of pyridine rings is 1. The minimum absolute atomic E-state index is 0.0217. The second kappa shape index (κ2) is 11.7. The van der Waals surface area contributed by atoms with E-state index in [0.29, 0.717) is 56.3 Å². The first kappa shape index (κ1) is 30.6. The van der Waals surface area contributed by atoms with E-state index in [0.717, 1.165) is 37.3 Å². The van der Waals surface area contributed by atoms with Gasteiger partial charge in [-0.25, -0.2) is 4.98 Å². The van der Waals surface area contributed by atoms with Gasteiger partial charge in [-0.05, 0) is 79.1 Å². The number of nitrogens with one attached hydrogen (secondary N) is 1. The Morgan fingerprint density at radius 3 is 2.65 bits per heavy atom. The maximum atomic E-state index is 14.5. The molecule has 3 aliphatic heterocycles. The van der Waals surface area contributed by atoms with Gasteiger partial charge in [-0.3, -0.25) is 14.6 Å². The predicted molar refractivity (Wildman–Crippen MR) is 163 cm³/mol. The van der Waals surface area contributed by atoms with Crippen molar-refractivity contribution in [2.24, 2.45) is 18.9 Å². The molecule has 0 bridgehead atoms. The number of nitriles is 1. The number of fused-ring (bicyclic) bond motifs is 1. The SMILES string of the molecule is C[C@H]1CCCN(Cc2cc3c(c(C(F)(F)F)c2)CN(c2cc(C4(Cc5nncn5C)COC4)cc(NC4CC(C#N)C4)n2)C3=O)C1. The smallest absolute Gasteiger partial charge is 0.379 e. The van der Waals surface area contributed by atoms with E-state index in [-0.39, 0.29) is 35.4 Å². The van der Waals surface area contributed by atoms with E-state index in [1.807, 2.05) is 17.7 Å². The molecule has 0 radical (unpaired) electrons. The van der Waals surface area contributed by atoms with E-state index in [9.17, 15) is 23.2 Å². The fourth-order valence-electron chi connectivity index (χ4n) is 7.26. The molecule has 13 heteroatoms. The van der Waals surface area contributed by atoms with Crippen LogP contribution in [0.15, 0.2) is 30.6 Å². The van der Waals surface area contributed by atoms with Gasteiger partial charge in [-0.2, -0.15) is 18.4 Å². The van der Waals surface area contributed by atoms with Crippen molar-refractivity contribution in [3.63, 3.8) is 0 Å². The number of rotatable bonds is 8. The number of nitrogens with zero attached hydrogens (tertiary/aromatic N) is 7. The highest BCUT2D eigenvalue weighted by Crippen LogP contribution is 2.42. The number of likely N-dealkylation sites (tertiary alicyclic amines) is 1. The number of piperidine rings is 1. The largest absolute Gasteiger partial charge is 0.416 e. The monoisotopic (exact) mass is 634 g/mol. The van der Waals surface area contributed by atoms with Crippen molar-refractivity contribution in [3.8, 4) is 6.07 Å². The second-order valence-electron chi connectivity index (χ2n) is 13.6. The molecule has 7 rings (SSSR count). The van der Waals surface area contributed by atoms with Crippen molar-refractivity contribution in [1.82, 2.24) is 24.6 Å². The first-order valence-electron chi connectivity index (χ1n) is 15.9. The van der Waals surface area contributed by atoms with Gasteiger partial charge in [-0.1, -0.05) is 6.92 Å². The Hall–Kier alpha value is -4.02. The molecule has 2 saturated heterocycles. The van der Waals surface area contributed by atoms with Crippen molar-refractivity contribution < 1.29 is 22.7 Å². The fraction of sp³-hybridized carbons (Fsp3) is 0.545. The summed E-state index contributed by atoms with van der Waals surface area (Å²) >= 11 is 0. The first-order chi connectivity index (χ1) is 22.0. The number of anilines is 2. The van der Waals surface area contributed by atoms with Crippen molar-refractivity contribution in [3.05, 3.63) is 64.2 Å². The number of halogens is 3. The molecule has 0 spiro atoms. The number of ether oxygens (including phenoxy) is 1. The van der Waals surface area contributed by atoms with Crippen LogP contribution >= 0.6 is 0 Å². The maximum absolute atomic E-state index is 14.5. The molecule has 1 atom stereocenters. The molecule has 1 aromatic carbocycles. The quantitative estimate of drug-likeness (QED) is 0.375. The van der Waals surface area contributed by atoms with Crippen LogP contribution in [-0.4, -0.2) is 62.9 Å². The lowest BCUT2D eigenvalue weighted by Crippen LogP contribution is -2.49. The van der Waals surface area contributed by atoms with Gasteiger partial charge in [0, 0.05) is 43.6 Å². The molecule has 1 N–H and O–H groups in total. The van der Waals surface area contributed by atoms with Gasteiger partial charge in [0.1, 0.15) is 23.8 Å². The number of carbonyl (C=O) groups is 1. The zero-order valence-corrected chi connectivity index (χ0v) is 26.0. The highest BCUT2D eigenvalue weighted by atomic mass is 19.4. The molecule has 1 aliphatic carbocycles. The molecule has 3 aromatic rings. The molecule has 3 fully saturated rings.